The SMILES string of the molecule is CN1CCC(C(=O)O)(c2ccc3c(cnn3-c3cc(O)c(F)c(F)c3)c2)CC1. The molecule has 146 valence electrons. The molecule has 1 aliphatic heterocycles. The number of hydrogen-bond acceptors (Lipinski definition) is 4. The number of phenols is 1. The Morgan fingerprint density at radius 3 is 2.54 bits per heavy atom. The molecule has 1 aromatic heterocycles. The summed E-state index contributed by atoms with van der Waals surface area (Å²) in [5.41, 5.74) is 0.519. The van der Waals surface area contributed by atoms with Gasteiger partial charge >= 0.3 is 5.97 Å². The molecule has 0 aliphatic carbocycles. The number of nitrogens with zero attached hydrogens (tertiary/aromatic N) is 3. The van der Waals surface area contributed by atoms with Gasteiger partial charge < -0.3 is 15.1 Å². The number of carboxylic acid groups (broad SMARTS) is 1. The fourth-order valence-electron chi connectivity index (χ4n) is 3.85. The van der Waals surface area contributed by atoms with Crippen LogP contribution in [0.5, 0.6) is 5.75 Å². The molecule has 2 N–H and O–H groups in total. The van der Waals surface area contributed by atoms with Crippen molar-refractivity contribution in [3.8, 4) is 11.4 Å². The van der Waals surface area contributed by atoms with Gasteiger partial charge in [0.1, 0.15) is 0 Å². The summed E-state index contributed by atoms with van der Waals surface area (Å²) >= 11 is 0. The number of piperidine rings is 1. The lowest BCUT2D eigenvalue weighted by Gasteiger charge is -2.37. The van der Waals surface area contributed by atoms with Crippen molar-refractivity contribution in [3.63, 3.8) is 0 Å². The minimum Gasteiger partial charge on any atom is -0.505 e. The molecule has 6 nitrogen and oxygen atoms in total. The van der Waals surface area contributed by atoms with Gasteiger partial charge in [0.2, 0.25) is 0 Å². The second-order valence-electron chi connectivity index (χ2n) is 7.28. The summed E-state index contributed by atoms with van der Waals surface area (Å²) in [6.45, 7) is 1.38. The molecule has 0 saturated carbocycles. The van der Waals surface area contributed by atoms with Crippen LogP contribution in [0.3, 0.4) is 0 Å². The molecule has 0 atom stereocenters. The Balaban J connectivity index is 1.79. The fourth-order valence-corrected chi connectivity index (χ4v) is 3.85. The number of halogens is 2. The number of rotatable bonds is 3. The van der Waals surface area contributed by atoms with E-state index in [4.69, 9.17) is 0 Å². The summed E-state index contributed by atoms with van der Waals surface area (Å²) in [7, 11) is 1.97. The highest BCUT2D eigenvalue weighted by atomic mass is 19.2. The normalized spacial score (nSPS) is 17.1. The molecule has 8 heteroatoms. The lowest BCUT2D eigenvalue weighted by atomic mass is 9.72. The summed E-state index contributed by atoms with van der Waals surface area (Å²) in [6, 6.07) is 7.30. The van der Waals surface area contributed by atoms with Crippen molar-refractivity contribution in [1.29, 1.82) is 0 Å². The molecule has 28 heavy (non-hydrogen) atoms. The molecule has 0 radical (unpaired) electrons. The van der Waals surface area contributed by atoms with Crippen LogP contribution in [0.1, 0.15) is 18.4 Å². The molecule has 3 aromatic rings. The number of carboxylic acids is 1. The maximum atomic E-state index is 13.7. The summed E-state index contributed by atoms with van der Waals surface area (Å²) in [5.74, 6) is -4.14. The molecular weight excluding hydrogens is 368 g/mol. The molecule has 0 amide bonds. The van der Waals surface area contributed by atoms with E-state index < -0.39 is 28.8 Å². The molecule has 4 rings (SSSR count). The molecule has 1 saturated heterocycles. The Kier molecular flexibility index (Phi) is 4.30. The van der Waals surface area contributed by atoms with Gasteiger partial charge in [0.05, 0.1) is 22.8 Å². The standard InChI is InChI=1S/C20H19F2N3O3/c1-24-6-4-20(5-7-24,19(27)28)13-2-3-16-12(8-13)11-23-25(16)14-9-15(21)18(22)17(26)10-14/h2-3,8-11,26H,4-7H2,1H3,(H,27,28). The molecule has 1 fully saturated rings. The number of carbonyl (C=O) groups is 1. The van der Waals surface area contributed by atoms with Gasteiger partial charge in [0.25, 0.3) is 0 Å². The van der Waals surface area contributed by atoms with Crippen LogP contribution in [0.25, 0.3) is 16.6 Å². The van der Waals surface area contributed by atoms with Gasteiger partial charge in [-0.2, -0.15) is 9.49 Å². The maximum Gasteiger partial charge on any atom is 0.314 e. The predicted molar refractivity (Wildman–Crippen MR) is 98.7 cm³/mol. The lowest BCUT2D eigenvalue weighted by molar-refractivity contribution is -0.145. The van der Waals surface area contributed by atoms with Crippen molar-refractivity contribution < 1.29 is 23.8 Å². The van der Waals surface area contributed by atoms with Gasteiger partial charge in [-0.05, 0) is 50.7 Å². The van der Waals surface area contributed by atoms with E-state index in [9.17, 15) is 23.8 Å². The zero-order valence-corrected chi connectivity index (χ0v) is 15.2. The molecule has 2 heterocycles. The third kappa shape index (κ3) is 2.80. The maximum absolute atomic E-state index is 13.7. The first kappa shape index (κ1) is 18.4. The fraction of sp³-hybridized carbons (Fsp3) is 0.300. The van der Waals surface area contributed by atoms with Gasteiger partial charge in [0, 0.05) is 17.5 Å². The summed E-state index contributed by atoms with van der Waals surface area (Å²) < 4.78 is 28.4. The molecule has 1 aliphatic rings. The number of phenolic OH excluding ortho intramolecular Hbond substituents is 1. The van der Waals surface area contributed by atoms with E-state index in [-0.39, 0.29) is 5.69 Å². The Labute approximate surface area is 159 Å². The smallest absolute Gasteiger partial charge is 0.314 e. The van der Waals surface area contributed by atoms with E-state index in [1.807, 2.05) is 7.05 Å². The second-order valence-corrected chi connectivity index (χ2v) is 7.28. The number of aliphatic carboxylic acids is 1. The summed E-state index contributed by atoms with van der Waals surface area (Å²) in [5, 5.41) is 24.4. The first-order valence-electron chi connectivity index (χ1n) is 8.90. The zero-order valence-electron chi connectivity index (χ0n) is 15.2. The van der Waals surface area contributed by atoms with E-state index >= 15 is 0 Å². The van der Waals surface area contributed by atoms with Crippen LogP contribution in [0, 0.1) is 11.6 Å². The van der Waals surface area contributed by atoms with Crippen LogP contribution >= 0.6 is 0 Å². The van der Waals surface area contributed by atoms with Crippen molar-refractivity contribution in [2.75, 3.05) is 20.1 Å². The van der Waals surface area contributed by atoms with Crippen molar-refractivity contribution >= 4 is 16.9 Å². The van der Waals surface area contributed by atoms with Crippen molar-refractivity contribution in [1.82, 2.24) is 14.7 Å². The highest BCUT2D eigenvalue weighted by molar-refractivity contribution is 5.86. The minimum atomic E-state index is -1.31. The van der Waals surface area contributed by atoms with E-state index in [2.05, 4.69) is 10.00 Å². The summed E-state index contributed by atoms with van der Waals surface area (Å²) in [6.07, 6.45) is 2.56. The van der Waals surface area contributed by atoms with E-state index in [1.165, 1.54) is 4.68 Å². The third-order valence-electron chi connectivity index (χ3n) is 5.61. The number of aromatic nitrogens is 2. The summed E-state index contributed by atoms with van der Waals surface area (Å²) in [4.78, 5) is 14.2. The molecule has 0 spiro atoms. The Bertz CT molecular complexity index is 1050. The molecular formula is C20H19F2N3O3. The van der Waals surface area contributed by atoms with Crippen LogP contribution in [0.15, 0.2) is 36.5 Å². The quantitative estimate of drug-likeness (QED) is 0.722. The molecule has 2 aromatic carbocycles. The average Bonchev–Trinajstić information content (AvgIpc) is 3.09. The zero-order chi connectivity index (χ0) is 20.1. The highest BCUT2D eigenvalue weighted by Gasteiger charge is 2.42. The monoisotopic (exact) mass is 387 g/mol. The Hall–Kier alpha value is -3.00. The van der Waals surface area contributed by atoms with Crippen molar-refractivity contribution in [2.24, 2.45) is 0 Å². The average molecular weight is 387 g/mol. The second kappa shape index (κ2) is 6.56. The topological polar surface area (TPSA) is 78.6 Å². The van der Waals surface area contributed by atoms with Gasteiger partial charge in [-0.15, -0.1) is 0 Å². The van der Waals surface area contributed by atoms with Crippen molar-refractivity contribution in [2.45, 2.75) is 18.3 Å². The molecule has 0 bridgehead atoms. The number of fused-ring (bicyclic) bond motifs is 1. The largest absolute Gasteiger partial charge is 0.505 e. The van der Waals surface area contributed by atoms with Gasteiger partial charge in [-0.3, -0.25) is 4.79 Å². The van der Waals surface area contributed by atoms with Crippen LogP contribution in [0.4, 0.5) is 8.78 Å². The molecule has 0 unspecified atom stereocenters. The number of likely N-dealkylation sites (tertiary alicyclic amines) is 1. The predicted octanol–water partition coefficient (Wildman–Crippen LogP) is 3.06. The van der Waals surface area contributed by atoms with Crippen molar-refractivity contribution in [3.05, 3.63) is 53.7 Å². The van der Waals surface area contributed by atoms with E-state index in [1.54, 1.807) is 24.4 Å². The Morgan fingerprint density at radius 1 is 1.18 bits per heavy atom. The van der Waals surface area contributed by atoms with Crippen LogP contribution in [-0.4, -0.2) is 51.0 Å². The number of aromatic hydroxyl groups is 1. The highest BCUT2D eigenvalue weighted by Crippen LogP contribution is 2.37. The van der Waals surface area contributed by atoms with Gasteiger partial charge in [0.15, 0.2) is 17.4 Å². The first-order chi connectivity index (χ1) is 13.3. The number of hydrogen-bond donors (Lipinski definition) is 2. The van der Waals surface area contributed by atoms with E-state index in [0.717, 1.165) is 12.1 Å². The van der Waals surface area contributed by atoms with Crippen LogP contribution in [0.2, 0.25) is 0 Å². The van der Waals surface area contributed by atoms with Crippen LogP contribution < -0.4 is 0 Å². The van der Waals surface area contributed by atoms with Crippen LogP contribution in [-0.2, 0) is 10.2 Å². The van der Waals surface area contributed by atoms with E-state index in [0.29, 0.717) is 42.4 Å². The third-order valence-corrected chi connectivity index (χ3v) is 5.61. The lowest BCUT2D eigenvalue weighted by Crippen LogP contribution is -2.46. The van der Waals surface area contributed by atoms with Gasteiger partial charge in [-0.25, -0.2) is 9.07 Å². The van der Waals surface area contributed by atoms with Gasteiger partial charge in [-0.1, -0.05) is 6.07 Å². The number of benzene rings is 2. The Morgan fingerprint density at radius 2 is 1.89 bits per heavy atom. The first-order valence-corrected chi connectivity index (χ1v) is 8.90. The minimum absolute atomic E-state index is 0.173.